The van der Waals surface area contributed by atoms with Crippen LogP contribution in [0.25, 0.3) is 0 Å². The van der Waals surface area contributed by atoms with Crippen molar-refractivity contribution in [2.24, 2.45) is 5.92 Å². The minimum absolute atomic E-state index is 0.0744. The van der Waals surface area contributed by atoms with Crippen LogP contribution in [0.1, 0.15) is 23.7 Å². The second kappa shape index (κ2) is 9.79. The molecule has 2 aromatic rings. The quantitative estimate of drug-likeness (QED) is 0.668. The fourth-order valence-electron chi connectivity index (χ4n) is 4.23. The molecule has 2 aliphatic rings. The van der Waals surface area contributed by atoms with Gasteiger partial charge in [-0.05, 0) is 49.4 Å². The van der Waals surface area contributed by atoms with E-state index in [0.29, 0.717) is 39.3 Å². The van der Waals surface area contributed by atoms with Crippen LogP contribution in [0.3, 0.4) is 0 Å². The third-order valence-electron chi connectivity index (χ3n) is 5.97. The van der Waals surface area contributed by atoms with Crippen molar-refractivity contribution in [3.05, 3.63) is 58.9 Å². The Balaban J connectivity index is 1.34. The number of halogens is 2. The fraction of sp³-hybridized carbons (Fsp3) is 0.375. The first-order valence-corrected chi connectivity index (χ1v) is 11.3. The highest BCUT2D eigenvalue weighted by atomic mass is 35.5. The molecule has 1 atom stereocenters. The van der Waals surface area contributed by atoms with E-state index >= 15 is 0 Å². The number of rotatable bonds is 5. The predicted octanol–water partition coefficient (Wildman–Crippen LogP) is 3.22. The molecule has 7 nitrogen and oxygen atoms in total. The van der Waals surface area contributed by atoms with Gasteiger partial charge in [0.15, 0.2) is 0 Å². The third kappa shape index (κ3) is 4.95. The van der Waals surface area contributed by atoms with Crippen LogP contribution in [0.4, 0.5) is 10.1 Å². The van der Waals surface area contributed by atoms with Crippen LogP contribution < -0.4 is 9.64 Å². The van der Waals surface area contributed by atoms with Crippen molar-refractivity contribution in [2.75, 3.05) is 44.2 Å². The summed E-state index contributed by atoms with van der Waals surface area (Å²) in [6.07, 6.45) is 0.152. The second-order valence-corrected chi connectivity index (χ2v) is 8.51. The smallest absolute Gasteiger partial charge is 0.257 e. The summed E-state index contributed by atoms with van der Waals surface area (Å²) in [4.78, 5) is 43.1. The van der Waals surface area contributed by atoms with Crippen LogP contribution in [-0.4, -0.2) is 66.9 Å². The van der Waals surface area contributed by atoms with Crippen LogP contribution in [0.2, 0.25) is 5.02 Å². The van der Waals surface area contributed by atoms with Gasteiger partial charge in [0.05, 0.1) is 18.1 Å². The molecule has 9 heteroatoms. The lowest BCUT2D eigenvalue weighted by Crippen LogP contribution is -2.52. The third-order valence-corrected chi connectivity index (χ3v) is 6.21. The van der Waals surface area contributed by atoms with Crippen molar-refractivity contribution in [1.82, 2.24) is 9.80 Å². The first-order chi connectivity index (χ1) is 15.9. The van der Waals surface area contributed by atoms with Gasteiger partial charge in [0.25, 0.3) is 5.91 Å². The number of amides is 3. The van der Waals surface area contributed by atoms with E-state index < -0.39 is 17.6 Å². The lowest BCUT2D eigenvalue weighted by molar-refractivity contribution is -0.137. The van der Waals surface area contributed by atoms with Crippen LogP contribution in [0.5, 0.6) is 5.75 Å². The monoisotopic (exact) mass is 473 g/mol. The average Bonchev–Trinajstić information content (AvgIpc) is 3.22. The Kier molecular flexibility index (Phi) is 6.83. The maximum atomic E-state index is 14.0. The Morgan fingerprint density at radius 3 is 2.39 bits per heavy atom. The summed E-state index contributed by atoms with van der Waals surface area (Å²) in [6, 6.07) is 11.1. The molecule has 0 saturated carbocycles. The fourth-order valence-corrected chi connectivity index (χ4v) is 4.40. The molecule has 0 radical (unpaired) electrons. The normalized spacial score (nSPS) is 18.6. The second-order valence-electron chi connectivity index (χ2n) is 8.07. The molecule has 0 N–H and O–H groups in total. The number of ether oxygens (including phenoxy) is 1. The van der Waals surface area contributed by atoms with E-state index in [1.807, 2.05) is 19.1 Å². The van der Waals surface area contributed by atoms with Crippen LogP contribution in [0, 0.1) is 11.7 Å². The molecule has 2 fully saturated rings. The summed E-state index contributed by atoms with van der Waals surface area (Å²) in [6.45, 7) is 4.03. The van der Waals surface area contributed by atoms with Crippen LogP contribution in [0.15, 0.2) is 42.5 Å². The Hall–Kier alpha value is -3.13. The van der Waals surface area contributed by atoms with E-state index in [-0.39, 0.29) is 28.8 Å². The Labute approximate surface area is 196 Å². The van der Waals surface area contributed by atoms with Gasteiger partial charge in [-0.1, -0.05) is 11.6 Å². The van der Waals surface area contributed by atoms with Gasteiger partial charge < -0.3 is 19.4 Å². The number of carbonyl (C=O) groups excluding carboxylic acids is 3. The highest BCUT2D eigenvalue weighted by Gasteiger charge is 2.38. The van der Waals surface area contributed by atoms with Gasteiger partial charge in [0.1, 0.15) is 11.6 Å². The van der Waals surface area contributed by atoms with Crippen molar-refractivity contribution >= 4 is 35.0 Å². The minimum Gasteiger partial charge on any atom is -0.494 e. The number of hydrogen-bond acceptors (Lipinski definition) is 4. The lowest BCUT2D eigenvalue weighted by atomic mass is 10.1. The summed E-state index contributed by atoms with van der Waals surface area (Å²) in [5, 5.41) is 0.288. The van der Waals surface area contributed by atoms with Crippen molar-refractivity contribution in [1.29, 1.82) is 0 Å². The molecule has 4 rings (SSSR count). The standard InChI is InChI=1S/C24H25ClFN3O4/c1-2-33-19-6-4-18(5-7-19)29-15-16(13-22(29)30)23(31)27-9-11-28(12-10-27)24(32)20-14-17(25)3-8-21(20)26/h3-8,14,16H,2,9-13,15H2,1H3. The molecule has 2 heterocycles. The van der Waals surface area contributed by atoms with Gasteiger partial charge in [-0.15, -0.1) is 0 Å². The van der Waals surface area contributed by atoms with E-state index in [0.717, 1.165) is 11.4 Å². The van der Waals surface area contributed by atoms with E-state index in [1.54, 1.807) is 21.9 Å². The van der Waals surface area contributed by atoms with Crippen molar-refractivity contribution in [2.45, 2.75) is 13.3 Å². The van der Waals surface area contributed by atoms with Gasteiger partial charge >= 0.3 is 0 Å². The molecule has 2 saturated heterocycles. The lowest BCUT2D eigenvalue weighted by Gasteiger charge is -2.36. The van der Waals surface area contributed by atoms with Crippen LogP contribution in [-0.2, 0) is 9.59 Å². The summed E-state index contributed by atoms with van der Waals surface area (Å²) < 4.78 is 19.5. The number of hydrogen-bond donors (Lipinski definition) is 0. The number of nitrogens with zero attached hydrogens (tertiary/aromatic N) is 3. The zero-order valence-corrected chi connectivity index (χ0v) is 19.1. The molecule has 0 bridgehead atoms. The highest BCUT2D eigenvalue weighted by Crippen LogP contribution is 2.28. The molecule has 1 unspecified atom stereocenters. The molecule has 33 heavy (non-hydrogen) atoms. The number of benzene rings is 2. The van der Waals surface area contributed by atoms with Crippen molar-refractivity contribution in [3.63, 3.8) is 0 Å². The largest absolute Gasteiger partial charge is 0.494 e. The molecule has 2 aromatic carbocycles. The van der Waals surface area contributed by atoms with Crippen molar-refractivity contribution < 1.29 is 23.5 Å². The molecule has 0 aromatic heterocycles. The average molecular weight is 474 g/mol. The summed E-state index contributed by atoms with van der Waals surface area (Å²) >= 11 is 5.90. The zero-order valence-electron chi connectivity index (χ0n) is 18.3. The first-order valence-electron chi connectivity index (χ1n) is 10.9. The molecular formula is C24H25ClFN3O4. The summed E-state index contributed by atoms with van der Waals surface area (Å²) in [7, 11) is 0. The van der Waals surface area contributed by atoms with Crippen molar-refractivity contribution in [3.8, 4) is 5.75 Å². The predicted molar refractivity (Wildman–Crippen MR) is 122 cm³/mol. The first kappa shape index (κ1) is 23.0. The Morgan fingerprint density at radius 2 is 1.73 bits per heavy atom. The molecule has 174 valence electrons. The topological polar surface area (TPSA) is 70.2 Å². The molecular weight excluding hydrogens is 449 g/mol. The number of piperazine rings is 1. The molecule has 0 aliphatic carbocycles. The van der Waals surface area contributed by atoms with Gasteiger partial charge in [-0.25, -0.2) is 4.39 Å². The molecule has 3 amide bonds. The zero-order chi connectivity index (χ0) is 23.5. The highest BCUT2D eigenvalue weighted by molar-refractivity contribution is 6.31. The van der Waals surface area contributed by atoms with Gasteiger partial charge in [-0.3, -0.25) is 14.4 Å². The minimum atomic E-state index is -0.623. The van der Waals surface area contributed by atoms with E-state index in [4.69, 9.17) is 16.3 Å². The summed E-state index contributed by atoms with van der Waals surface area (Å²) in [5.41, 5.74) is 0.660. The maximum Gasteiger partial charge on any atom is 0.257 e. The van der Waals surface area contributed by atoms with Crippen LogP contribution >= 0.6 is 11.6 Å². The van der Waals surface area contributed by atoms with Gasteiger partial charge in [-0.2, -0.15) is 0 Å². The number of carbonyl (C=O) groups is 3. The SMILES string of the molecule is CCOc1ccc(N2CC(C(=O)N3CCN(C(=O)c4cc(Cl)ccc4F)CC3)CC2=O)cc1. The Bertz CT molecular complexity index is 1050. The van der Waals surface area contributed by atoms with E-state index in [1.165, 1.54) is 23.1 Å². The number of anilines is 1. The molecule has 0 spiro atoms. The maximum absolute atomic E-state index is 14.0. The Morgan fingerprint density at radius 1 is 1.06 bits per heavy atom. The van der Waals surface area contributed by atoms with Gasteiger partial charge in [0, 0.05) is 49.9 Å². The molecule has 2 aliphatic heterocycles. The van der Waals surface area contributed by atoms with E-state index in [2.05, 4.69) is 0 Å². The van der Waals surface area contributed by atoms with Gasteiger partial charge in [0.2, 0.25) is 11.8 Å². The van der Waals surface area contributed by atoms with E-state index in [9.17, 15) is 18.8 Å². The summed E-state index contributed by atoms with van der Waals surface area (Å²) in [5.74, 6) is -0.968.